The number of amides is 1. The van der Waals surface area contributed by atoms with Crippen molar-refractivity contribution in [2.45, 2.75) is 0 Å². The molecule has 0 aliphatic carbocycles. The number of rotatable bonds is 2. The van der Waals surface area contributed by atoms with Crippen LogP contribution in [0, 0.1) is 0 Å². The zero-order valence-corrected chi connectivity index (χ0v) is 9.37. The fourth-order valence-electron chi connectivity index (χ4n) is 1.46. The summed E-state index contributed by atoms with van der Waals surface area (Å²) in [4.78, 5) is 13.6. The molecule has 2 aromatic rings. The van der Waals surface area contributed by atoms with E-state index in [0.717, 1.165) is 5.69 Å². The molecule has 1 aromatic carbocycles. The van der Waals surface area contributed by atoms with Crippen LogP contribution in [0.1, 0.15) is 10.4 Å². The lowest BCUT2D eigenvalue weighted by molar-refractivity contribution is 0.0992. The maximum absolute atomic E-state index is 12.1. The second-order valence-electron chi connectivity index (χ2n) is 3.59. The first-order valence-corrected chi connectivity index (χ1v) is 5.09. The number of aromatic nitrogens is 2. The van der Waals surface area contributed by atoms with Gasteiger partial charge in [0.15, 0.2) is 0 Å². The van der Waals surface area contributed by atoms with E-state index < -0.39 is 0 Å². The number of carbonyl (C=O) groups is 1. The minimum Gasteiger partial charge on any atom is -0.399 e. The molecule has 0 saturated carbocycles. The third-order valence-electron chi connectivity index (χ3n) is 2.39. The lowest BCUT2D eigenvalue weighted by Gasteiger charge is -2.17. The van der Waals surface area contributed by atoms with Crippen molar-refractivity contribution in [1.29, 1.82) is 0 Å². The van der Waals surface area contributed by atoms with Gasteiger partial charge in [-0.05, 0) is 24.3 Å². The second kappa shape index (κ2) is 4.61. The Labute approximate surface area is 98.9 Å². The maximum Gasteiger partial charge on any atom is 0.259 e. The molecule has 0 saturated heterocycles. The first-order valence-electron chi connectivity index (χ1n) is 5.09. The van der Waals surface area contributed by atoms with Gasteiger partial charge in [0, 0.05) is 18.4 Å². The van der Waals surface area contributed by atoms with E-state index in [0.29, 0.717) is 11.3 Å². The summed E-state index contributed by atoms with van der Waals surface area (Å²) < 4.78 is 0. The lowest BCUT2D eigenvalue weighted by atomic mass is 10.2. The van der Waals surface area contributed by atoms with Crippen LogP contribution >= 0.6 is 0 Å². The summed E-state index contributed by atoms with van der Waals surface area (Å²) in [6.45, 7) is 0. The summed E-state index contributed by atoms with van der Waals surface area (Å²) in [6, 6.07) is 8.77. The van der Waals surface area contributed by atoms with Gasteiger partial charge in [-0.2, -0.15) is 10.2 Å². The highest BCUT2D eigenvalue weighted by molar-refractivity contribution is 6.05. The minimum atomic E-state index is -0.148. The van der Waals surface area contributed by atoms with Gasteiger partial charge in [0.25, 0.3) is 5.91 Å². The Morgan fingerprint density at radius 3 is 2.76 bits per heavy atom. The summed E-state index contributed by atoms with van der Waals surface area (Å²) in [5.41, 5.74) is 7.53. The third kappa shape index (κ3) is 2.39. The highest BCUT2D eigenvalue weighted by atomic mass is 16.2. The molecule has 0 bridgehead atoms. The zero-order valence-electron chi connectivity index (χ0n) is 9.37. The van der Waals surface area contributed by atoms with Crippen molar-refractivity contribution in [2.24, 2.45) is 0 Å². The fourth-order valence-corrected chi connectivity index (χ4v) is 1.46. The standard InChI is InChI=1S/C12H12N4O/c1-16(11-4-2-3-10(13)7-11)12(17)9-5-6-14-15-8-9/h2-8H,13H2,1H3. The van der Waals surface area contributed by atoms with Crippen LogP contribution in [0.4, 0.5) is 11.4 Å². The molecule has 0 radical (unpaired) electrons. The summed E-state index contributed by atoms with van der Waals surface area (Å²) in [5, 5.41) is 7.31. The summed E-state index contributed by atoms with van der Waals surface area (Å²) in [7, 11) is 1.69. The van der Waals surface area contributed by atoms with Gasteiger partial charge in [0.2, 0.25) is 0 Å². The zero-order chi connectivity index (χ0) is 12.3. The van der Waals surface area contributed by atoms with Gasteiger partial charge in [0.05, 0.1) is 18.0 Å². The fraction of sp³-hybridized carbons (Fsp3) is 0.0833. The number of hydrogen-bond acceptors (Lipinski definition) is 4. The van der Waals surface area contributed by atoms with Crippen LogP contribution in [0.2, 0.25) is 0 Å². The SMILES string of the molecule is CN(C(=O)c1ccnnc1)c1cccc(N)c1. The molecule has 0 unspecified atom stereocenters. The minimum absolute atomic E-state index is 0.148. The summed E-state index contributed by atoms with van der Waals surface area (Å²) in [5.74, 6) is -0.148. The van der Waals surface area contributed by atoms with E-state index in [2.05, 4.69) is 10.2 Å². The van der Waals surface area contributed by atoms with Crippen molar-refractivity contribution in [3.05, 3.63) is 48.3 Å². The first-order chi connectivity index (χ1) is 8.18. The van der Waals surface area contributed by atoms with Crippen LogP contribution in [0.25, 0.3) is 0 Å². The molecule has 17 heavy (non-hydrogen) atoms. The number of nitrogens with two attached hydrogens (primary N) is 1. The molecule has 1 heterocycles. The molecule has 5 nitrogen and oxygen atoms in total. The van der Waals surface area contributed by atoms with Crippen LogP contribution in [0.5, 0.6) is 0 Å². The summed E-state index contributed by atoms with van der Waals surface area (Å²) >= 11 is 0. The molecule has 0 aliphatic rings. The Balaban J connectivity index is 2.27. The third-order valence-corrected chi connectivity index (χ3v) is 2.39. The van der Waals surface area contributed by atoms with Crippen molar-refractivity contribution in [1.82, 2.24) is 10.2 Å². The van der Waals surface area contributed by atoms with E-state index in [9.17, 15) is 4.79 Å². The molecule has 0 atom stereocenters. The molecule has 2 rings (SSSR count). The maximum atomic E-state index is 12.1. The van der Waals surface area contributed by atoms with Gasteiger partial charge in [-0.3, -0.25) is 4.79 Å². The number of anilines is 2. The Hall–Kier alpha value is -2.43. The van der Waals surface area contributed by atoms with E-state index in [-0.39, 0.29) is 5.91 Å². The van der Waals surface area contributed by atoms with Gasteiger partial charge in [0.1, 0.15) is 0 Å². The molecular weight excluding hydrogens is 216 g/mol. The van der Waals surface area contributed by atoms with Gasteiger partial charge < -0.3 is 10.6 Å². The number of carbonyl (C=O) groups excluding carboxylic acids is 1. The number of nitrogen functional groups attached to an aromatic ring is 1. The monoisotopic (exact) mass is 228 g/mol. The van der Waals surface area contributed by atoms with Crippen molar-refractivity contribution >= 4 is 17.3 Å². The Bertz CT molecular complexity index is 527. The molecule has 2 N–H and O–H groups in total. The van der Waals surface area contributed by atoms with Gasteiger partial charge >= 0.3 is 0 Å². The normalized spacial score (nSPS) is 9.94. The lowest BCUT2D eigenvalue weighted by Crippen LogP contribution is -2.26. The van der Waals surface area contributed by atoms with Crippen LogP contribution < -0.4 is 10.6 Å². The van der Waals surface area contributed by atoms with Crippen LogP contribution in [-0.4, -0.2) is 23.2 Å². The highest BCUT2D eigenvalue weighted by Crippen LogP contribution is 2.17. The number of hydrogen-bond donors (Lipinski definition) is 1. The van der Waals surface area contributed by atoms with Crippen molar-refractivity contribution in [3.8, 4) is 0 Å². The highest BCUT2D eigenvalue weighted by Gasteiger charge is 2.13. The van der Waals surface area contributed by atoms with E-state index >= 15 is 0 Å². The van der Waals surface area contributed by atoms with E-state index in [1.165, 1.54) is 17.3 Å². The molecule has 0 spiro atoms. The van der Waals surface area contributed by atoms with Crippen LogP contribution in [0.15, 0.2) is 42.7 Å². The molecule has 5 heteroatoms. The Morgan fingerprint density at radius 2 is 2.12 bits per heavy atom. The molecule has 1 amide bonds. The molecule has 1 aromatic heterocycles. The average molecular weight is 228 g/mol. The van der Waals surface area contributed by atoms with Crippen LogP contribution in [-0.2, 0) is 0 Å². The average Bonchev–Trinajstić information content (AvgIpc) is 2.38. The van der Waals surface area contributed by atoms with Crippen molar-refractivity contribution < 1.29 is 4.79 Å². The van der Waals surface area contributed by atoms with Gasteiger partial charge in [-0.15, -0.1) is 0 Å². The largest absolute Gasteiger partial charge is 0.399 e. The Kier molecular flexibility index (Phi) is 3.00. The van der Waals surface area contributed by atoms with E-state index in [1.54, 1.807) is 31.3 Å². The molecule has 0 fully saturated rings. The van der Waals surface area contributed by atoms with Gasteiger partial charge in [-0.1, -0.05) is 6.07 Å². The topological polar surface area (TPSA) is 72.1 Å². The number of benzene rings is 1. The predicted octanol–water partition coefficient (Wildman–Crippen LogP) is 1.34. The number of nitrogens with zero attached hydrogens (tertiary/aromatic N) is 3. The molecular formula is C12H12N4O. The van der Waals surface area contributed by atoms with E-state index in [1.807, 2.05) is 6.07 Å². The van der Waals surface area contributed by atoms with Crippen molar-refractivity contribution in [2.75, 3.05) is 17.7 Å². The quantitative estimate of drug-likeness (QED) is 0.787. The van der Waals surface area contributed by atoms with Crippen LogP contribution in [0.3, 0.4) is 0 Å². The first kappa shape index (κ1) is 11.1. The van der Waals surface area contributed by atoms with Gasteiger partial charge in [-0.25, -0.2) is 0 Å². The molecule has 86 valence electrons. The second-order valence-corrected chi connectivity index (χ2v) is 3.59. The smallest absolute Gasteiger partial charge is 0.259 e. The molecule has 0 aliphatic heterocycles. The Morgan fingerprint density at radius 1 is 1.29 bits per heavy atom. The predicted molar refractivity (Wildman–Crippen MR) is 65.6 cm³/mol. The van der Waals surface area contributed by atoms with Crippen molar-refractivity contribution in [3.63, 3.8) is 0 Å². The summed E-state index contributed by atoms with van der Waals surface area (Å²) in [6.07, 6.45) is 2.92. The van der Waals surface area contributed by atoms with E-state index in [4.69, 9.17) is 5.73 Å².